The average Bonchev–Trinajstić information content (AvgIpc) is 3.53. The molecule has 0 spiro atoms. The van der Waals surface area contributed by atoms with Crippen molar-refractivity contribution in [3.63, 3.8) is 0 Å². The molecule has 30 heavy (non-hydrogen) atoms. The molecule has 0 N–H and O–H groups in total. The lowest BCUT2D eigenvalue weighted by molar-refractivity contribution is 0.102. The maximum absolute atomic E-state index is 12.9. The Morgan fingerprint density at radius 2 is 1.77 bits per heavy atom. The maximum atomic E-state index is 12.9. The Labute approximate surface area is 188 Å². The zero-order valence-corrected chi connectivity index (χ0v) is 19.5. The van der Waals surface area contributed by atoms with E-state index in [1.165, 1.54) is 21.5 Å². The number of thioether (sulfide) groups is 1. The van der Waals surface area contributed by atoms with Gasteiger partial charge in [0.1, 0.15) is 6.33 Å². The van der Waals surface area contributed by atoms with Crippen LogP contribution < -0.4 is 0 Å². The van der Waals surface area contributed by atoms with E-state index in [0.29, 0.717) is 5.75 Å². The van der Waals surface area contributed by atoms with Gasteiger partial charge in [-0.15, -0.1) is 32.9 Å². The number of hydrogen-bond donors (Lipinski definition) is 0. The van der Waals surface area contributed by atoms with Gasteiger partial charge in [0.25, 0.3) is 0 Å². The third-order valence-electron chi connectivity index (χ3n) is 5.13. The molecule has 0 unspecified atom stereocenters. The van der Waals surface area contributed by atoms with Gasteiger partial charge >= 0.3 is 0 Å². The monoisotopic (exact) mass is 456 g/mol. The largest absolute Gasteiger partial charge is 0.348 e. The summed E-state index contributed by atoms with van der Waals surface area (Å²) in [4.78, 5) is 15.6. The molecular weight excluding hydrogens is 432 g/mol. The molecule has 4 heterocycles. The highest BCUT2D eigenvalue weighted by Crippen LogP contribution is 2.22. The highest BCUT2D eigenvalue weighted by Gasteiger charge is 2.17. The first-order valence-corrected chi connectivity index (χ1v) is 12.6. The van der Waals surface area contributed by atoms with E-state index in [1.54, 1.807) is 29.0 Å². The van der Waals surface area contributed by atoms with Gasteiger partial charge in [-0.25, -0.2) is 0 Å². The number of carbonyl (C=O) groups is 1. The first kappa shape index (κ1) is 21.1. The summed E-state index contributed by atoms with van der Waals surface area (Å²) in [5.41, 5.74) is 3.00. The second kappa shape index (κ2) is 9.76. The zero-order valence-electron chi connectivity index (χ0n) is 17.1. The highest BCUT2D eigenvalue weighted by atomic mass is 32.2. The van der Waals surface area contributed by atoms with Crippen LogP contribution in [0, 0.1) is 13.8 Å². The summed E-state index contributed by atoms with van der Waals surface area (Å²) in [6, 6.07) is 10.5. The van der Waals surface area contributed by atoms with E-state index in [4.69, 9.17) is 0 Å². The number of rotatable bonds is 10. The summed E-state index contributed by atoms with van der Waals surface area (Å²) < 4.78 is 4.28. The van der Waals surface area contributed by atoms with Crippen LogP contribution in [0.5, 0.6) is 0 Å². The molecule has 0 aliphatic heterocycles. The number of carbonyl (C=O) groups excluding carboxylic acids is 1. The molecule has 5 nitrogen and oxygen atoms in total. The van der Waals surface area contributed by atoms with Gasteiger partial charge in [-0.1, -0.05) is 23.9 Å². The average molecular weight is 457 g/mol. The van der Waals surface area contributed by atoms with E-state index in [1.807, 2.05) is 17.6 Å². The smallest absolute Gasteiger partial charge is 0.191 e. The summed E-state index contributed by atoms with van der Waals surface area (Å²) >= 11 is 5.00. The first-order valence-electron chi connectivity index (χ1n) is 9.87. The lowest BCUT2D eigenvalue weighted by Crippen LogP contribution is -2.09. The third-order valence-corrected chi connectivity index (χ3v) is 7.98. The lowest BCUT2D eigenvalue weighted by atomic mass is 10.2. The summed E-state index contributed by atoms with van der Waals surface area (Å²) in [6.07, 6.45) is 3.68. The van der Waals surface area contributed by atoms with Crippen molar-refractivity contribution >= 4 is 40.2 Å². The van der Waals surface area contributed by atoms with Gasteiger partial charge < -0.3 is 9.13 Å². The quantitative estimate of drug-likeness (QED) is 0.241. The third kappa shape index (κ3) is 4.94. The molecule has 156 valence electrons. The number of thiophene rings is 2. The minimum Gasteiger partial charge on any atom is -0.348 e. The van der Waals surface area contributed by atoms with Gasteiger partial charge in [0, 0.05) is 39.8 Å². The van der Waals surface area contributed by atoms with Crippen LogP contribution in [0.2, 0.25) is 0 Å². The Hall–Kier alpha value is -2.16. The molecule has 8 heteroatoms. The van der Waals surface area contributed by atoms with Crippen molar-refractivity contribution < 1.29 is 4.79 Å². The molecule has 0 aromatic carbocycles. The molecule has 4 aromatic heterocycles. The van der Waals surface area contributed by atoms with Gasteiger partial charge in [0.05, 0.1) is 5.75 Å². The molecule has 0 bridgehead atoms. The molecule has 0 aliphatic carbocycles. The maximum Gasteiger partial charge on any atom is 0.191 e. The van der Waals surface area contributed by atoms with Crippen molar-refractivity contribution in [1.29, 1.82) is 0 Å². The predicted molar refractivity (Wildman–Crippen MR) is 125 cm³/mol. The van der Waals surface area contributed by atoms with Crippen LogP contribution in [0.25, 0.3) is 0 Å². The number of aromatic nitrogens is 4. The first-order chi connectivity index (χ1) is 14.6. The van der Waals surface area contributed by atoms with Crippen LogP contribution in [-0.2, 0) is 25.9 Å². The van der Waals surface area contributed by atoms with Crippen LogP contribution in [0.4, 0.5) is 0 Å². The van der Waals surface area contributed by atoms with Gasteiger partial charge in [0.15, 0.2) is 10.9 Å². The second-order valence-corrected chi connectivity index (χ2v) is 10.1. The fraction of sp³-hybridized carbons (Fsp3) is 0.318. The van der Waals surface area contributed by atoms with E-state index >= 15 is 0 Å². The van der Waals surface area contributed by atoms with Gasteiger partial charge in [-0.2, -0.15) is 0 Å². The van der Waals surface area contributed by atoms with Crippen molar-refractivity contribution in [1.82, 2.24) is 19.3 Å². The van der Waals surface area contributed by atoms with Crippen molar-refractivity contribution in [2.75, 3.05) is 5.75 Å². The molecule has 0 saturated carbocycles. The summed E-state index contributed by atoms with van der Waals surface area (Å²) in [5.74, 6) is 0.510. The number of ketones is 1. The molecule has 0 atom stereocenters. The molecule has 0 fully saturated rings. The van der Waals surface area contributed by atoms with E-state index in [2.05, 4.69) is 56.7 Å². The van der Waals surface area contributed by atoms with E-state index in [-0.39, 0.29) is 5.78 Å². The molecule has 0 amide bonds. The van der Waals surface area contributed by atoms with Gasteiger partial charge in [0.2, 0.25) is 0 Å². The van der Waals surface area contributed by atoms with Crippen molar-refractivity contribution in [3.05, 3.63) is 74.1 Å². The van der Waals surface area contributed by atoms with Gasteiger partial charge in [-0.3, -0.25) is 4.79 Å². The number of nitrogens with zero attached hydrogens (tertiary/aromatic N) is 4. The van der Waals surface area contributed by atoms with E-state index < -0.39 is 0 Å². The SMILES string of the molecule is Cc1cc(C(=O)CSc2nncn2CCc2cccs2)c(C)n1CCc1cccs1. The molecule has 4 aromatic rings. The van der Waals surface area contributed by atoms with E-state index in [0.717, 1.165) is 48.0 Å². The Kier molecular flexibility index (Phi) is 6.86. The Balaban J connectivity index is 1.36. The highest BCUT2D eigenvalue weighted by molar-refractivity contribution is 7.99. The number of hydrogen-bond acceptors (Lipinski definition) is 6. The molecule has 0 saturated heterocycles. The lowest BCUT2D eigenvalue weighted by Gasteiger charge is -2.09. The Morgan fingerprint density at radius 3 is 2.43 bits per heavy atom. The summed E-state index contributed by atoms with van der Waals surface area (Å²) in [6.45, 7) is 5.84. The molecular formula is C22H24N4OS3. The van der Waals surface area contributed by atoms with Crippen LogP contribution in [0.3, 0.4) is 0 Å². The zero-order chi connectivity index (χ0) is 20.9. The minimum atomic E-state index is 0.142. The number of aryl methyl sites for hydroxylation is 4. The fourth-order valence-corrected chi connectivity index (χ4v) is 5.73. The summed E-state index contributed by atoms with van der Waals surface area (Å²) in [7, 11) is 0. The van der Waals surface area contributed by atoms with Crippen LogP contribution in [0.1, 0.15) is 31.5 Å². The van der Waals surface area contributed by atoms with Crippen LogP contribution in [0.15, 0.2) is 52.6 Å². The fourth-order valence-electron chi connectivity index (χ4n) is 3.51. The molecule has 0 aliphatic rings. The predicted octanol–water partition coefficient (Wildman–Crippen LogP) is 5.28. The topological polar surface area (TPSA) is 52.7 Å². The van der Waals surface area contributed by atoms with Crippen molar-refractivity contribution in [2.45, 2.75) is 44.9 Å². The second-order valence-electron chi connectivity index (χ2n) is 7.11. The van der Waals surface area contributed by atoms with Crippen LogP contribution in [-0.4, -0.2) is 30.9 Å². The normalized spacial score (nSPS) is 11.3. The Bertz CT molecular complexity index is 1090. The molecule has 0 radical (unpaired) electrons. The Morgan fingerprint density at radius 1 is 1.07 bits per heavy atom. The van der Waals surface area contributed by atoms with Crippen molar-refractivity contribution in [3.8, 4) is 0 Å². The standard InChI is InChI=1S/C22H24N4OS3/c1-16-13-20(17(2)26(16)10-8-19-6-4-12-29-19)21(27)14-30-22-24-23-15-25(22)9-7-18-5-3-11-28-18/h3-6,11-13,15H,7-10,14H2,1-2H3. The molecule has 4 rings (SSSR count). The van der Waals surface area contributed by atoms with E-state index in [9.17, 15) is 4.79 Å². The number of Topliss-reactive ketones (excluding diaryl/α,β-unsaturated/α-hetero) is 1. The van der Waals surface area contributed by atoms with Gasteiger partial charge in [-0.05, 0) is 55.6 Å². The van der Waals surface area contributed by atoms with Crippen LogP contribution >= 0.6 is 34.4 Å². The van der Waals surface area contributed by atoms with Crippen molar-refractivity contribution in [2.24, 2.45) is 0 Å². The summed E-state index contributed by atoms with van der Waals surface area (Å²) in [5, 5.41) is 13.2. The minimum absolute atomic E-state index is 0.142.